The van der Waals surface area contributed by atoms with Gasteiger partial charge in [-0.2, -0.15) is 0 Å². The van der Waals surface area contributed by atoms with Gasteiger partial charge in [-0.1, -0.05) is 0 Å². The van der Waals surface area contributed by atoms with Crippen LogP contribution in [0.15, 0.2) is 18.2 Å². The molecule has 0 radical (unpaired) electrons. The maximum absolute atomic E-state index is 12.1. The van der Waals surface area contributed by atoms with Gasteiger partial charge in [-0.25, -0.2) is 8.42 Å². The molecule has 0 spiro atoms. The normalized spacial score (nSPS) is 18.1. The molecule has 0 unspecified atom stereocenters. The van der Waals surface area contributed by atoms with Gasteiger partial charge in [0.25, 0.3) is 11.6 Å². The highest BCUT2D eigenvalue weighted by atomic mass is 32.2. The molecule has 1 aromatic carbocycles. The second kappa shape index (κ2) is 5.68. The average molecular weight is 313 g/mol. The van der Waals surface area contributed by atoms with Crippen LogP contribution in [0.4, 0.5) is 11.4 Å². The van der Waals surface area contributed by atoms with Crippen molar-refractivity contribution in [2.75, 3.05) is 17.2 Å². The van der Waals surface area contributed by atoms with E-state index in [1.807, 2.05) is 0 Å². The number of benzene rings is 1. The minimum absolute atomic E-state index is 0.0109. The highest BCUT2D eigenvalue weighted by Gasteiger charge is 2.27. The fraction of sp³-hybridized carbons (Fsp3) is 0.417. The van der Waals surface area contributed by atoms with Crippen LogP contribution >= 0.6 is 0 Å². The van der Waals surface area contributed by atoms with E-state index in [-0.39, 0.29) is 34.5 Å². The first-order chi connectivity index (χ1) is 9.78. The van der Waals surface area contributed by atoms with Crippen molar-refractivity contribution in [3.05, 3.63) is 33.9 Å². The summed E-state index contributed by atoms with van der Waals surface area (Å²) in [6.07, 6.45) is 0.619. The van der Waals surface area contributed by atoms with E-state index in [1.54, 1.807) is 0 Å². The number of sulfone groups is 1. The van der Waals surface area contributed by atoms with Gasteiger partial charge in [-0.15, -0.1) is 0 Å². The van der Waals surface area contributed by atoms with E-state index in [2.05, 4.69) is 5.32 Å². The third-order valence-electron chi connectivity index (χ3n) is 3.35. The predicted molar refractivity (Wildman–Crippen MR) is 76.7 cm³/mol. The topological polar surface area (TPSA) is 132 Å². The highest BCUT2D eigenvalue weighted by Crippen LogP contribution is 2.22. The quantitative estimate of drug-likeness (QED) is 0.474. The molecule has 2 rings (SSSR count). The standard InChI is InChI=1S/C12H15N3O5S/c13-8-1-2-11(15(17)18)10(7-8)12(16)14-9-3-5-21(19,20)6-4-9/h1-2,7,9H,3-6,13H2,(H,14,16). The lowest BCUT2D eigenvalue weighted by Gasteiger charge is -2.23. The van der Waals surface area contributed by atoms with Crippen molar-refractivity contribution in [1.82, 2.24) is 5.32 Å². The lowest BCUT2D eigenvalue weighted by Crippen LogP contribution is -2.41. The van der Waals surface area contributed by atoms with E-state index >= 15 is 0 Å². The van der Waals surface area contributed by atoms with Crippen molar-refractivity contribution in [2.24, 2.45) is 0 Å². The molecule has 1 aliphatic heterocycles. The van der Waals surface area contributed by atoms with E-state index in [0.717, 1.165) is 0 Å². The van der Waals surface area contributed by atoms with Crippen LogP contribution in [0.1, 0.15) is 23.2 Å². The lowest BCUT2D eigenvalue weighted by molar-refractivity contribution is -0.385. The Hall–Kier alpha value is -2.16. The Kier molecular flexibility index (Phi) is 4.12. The third kappa shape index (κ3) is 3.69. The van der Waals surface area contributed by atoms with Crippen molar-refractivity contribution >= 4 is 27.1 Å². The van der Waals surface area contributed by atoms with Crippen molar-refractivity contribution in [2.45, 2.75) is 18.9 Å². The summed E-state index contributed by atoms with van der Waals surface area (Å²) in [6, 6.07) is 3.46. The van der Waals surface area contributed by atoms with Crippen molar-refractivity contribution in [1.29, 1.82) is 0 Å². The summed E-state index contributed by atoms with van der Waals surface area (Å²) >= 11 is 0. The zero-order valence-electron chi connectivity index (χ0n) is 11.1. The van der Waals surface area contributed by atoms with Crippen molar-refractivity contribution < 1.29 is 18.1 Å². The number of nitrogens with zero attached hydrogens (tertiary/aromatic N) is 1. The molecule has 1 fully saturated rings. The molecule has 1 amide bonds. The van der Waals surface area contributed by atoms with Crippen LogP contribution < -0.4 is 11.1 Å². The first kappa shape index (κ1) is 15.2. The van der Waals surface area contributed by atoms with E-state index < -0.39 is 20.7 Å². The van der Waals surface area contributed by atoms with Gasteiger partial charge in [-0.3, -0.25) is 14.9 Å². The number of hydrogen-bond donors (Lipinski definition) is 2. The molecule has 114 valence electrons. The molecule has 0 bridgehead atoms. The van der Waals surface area contributed by atoms with E-state index in [4.69, 9.17) is 5.73 Å². The largest absolute Gasteiger partial charge is 0.399 e. The highest BCUT2D eigenvalue weighted by molar-refractivity contribution is 7.91. The van der Waals surface area contributed by atoms with E-state index in [1.165, 1.54) is 18.2 Å². The molecular weight excluding hydrogens is 298 g/mol. The van der Waals surface area contributed by atoms with Gasteiger partial charge < -0.3 is 11.1 Å². The third-order valence-corrected chi connectivity index (χ3v) is 5.07. The summed E-state index contributed by atoms with van der Waals surface area (Å²) in [5.74, 6) is -0.591. The second-order valence-corrected chi connectivity index (χ2v) is 7.24. The number of nitrogens with one attached hydrogen (secondary N) is 1. The van der Waals surface area contributed by atoms with Crippen LogP contribution in [0.5, 0.6) is 0 Å². The number of carbonyl (C=O) groups is 1. The van der Waals surface area contributed by atoms with Crippen LogP contribution in [0.3, 0.4) is 0 Å². The van der Waals surface area contributed by atoms with Crippen molar-refractivity contribution in [3.63, 3.8) is 0 Å². The fourth-order valence-corrected chi connectivity index (χ4v) is 3.68. The van der Waals surface area contributed by atoms with Gasteiger partial charge in [0.15, 0.2) is 0 Å². The monoisotopic (exact) mass is 313 g/mol. The van der Waals surface area contributed by atoms with Gasteiger partial charge >= 0.3 is 0 Å². The molecule has 3 N–H and O–H groups in total. The van der Waals surface area contributed by atoms with Crippen LogP contribution in [0.2, 0.25) is 0 Å². The minimum Gasteiger partial charge on any atom is -0.399 e. The van der Waals surface area contributed by atoms with E-state index in [0.29, 0.717) is 12.8 Å². The summed E-state index contributed by atoms with van der Waals surface area (Å²) in [5.41, 5.74) is 5.35. The summed E-state index contributed by atoms with van der Waals surface area (Å²) in [5, 5.41) is 13.6. The zero-order chi connectivity index (χ0) is 15.6. The van der Waals surface area contributed by atoms with Crippen molar-refractivity contribution in [3.8, 4) is 0 Å². The van der Waals surface area contributed by atoms with Gasteiger partial charge in [0.05, 0.1) is 16.4 Å². The molecule has 0 aromatic heterocycles. The Morgan fingerprint density at radius 3 is 2.52 bits per heavy atom. The number of anilines is 1. The summed E-state index contributed by atoms with van der Waals surface area (Å²) in [6.45, 7) is 0. The number of rotatable bonds is 3. The number of carbonyl (C=O) groups excluding carboxylic acids is 1. The molecule has 1 heterocycles. The fourth-order valence-electron chi connectivity index (χ4n) is 2.19. The Labute approximate surface area is 121 Å². The Bertz CT molecular complexity index is 672. The maximum atomic E-state index is 12.1. The number of nitrogen functional groups attached to an aromatic ring is 1. The second-order valence-electron chi connectivity index (χ2n) is 4.93. The first-order valence-corrected chi connectivity index (χ1v) is 8.16. The van der Waals surface area contributed by atoms with Gasteiger partial charge in [0.2, 0.25) is 0 Å². The molecule has 0 saturated carbocycles. The Morgan fingerprint density at radius 2 is 1.95 bits per heavy atom. The number of hydrogen-bond acceptors (Lipinski definition) is 6. The molecule has 9 heteroatoms. The molecule has 21 heavy (non-hydrogen) atoms. The minimum atomic E-state index is -3.02. The number of amides is 1. The van der Waals surface area contributed by atoms with Crippen LogP contribution in [-0.4, -0.2) is 36.8 Å². The summed E-state index contributed by atoms with van der Waals surface area (Å²) in [7, 11) is -3.02. The van der Waals surface area contributed by atoms with Crippen LogP contribution in [0, 0.1) is 10.1 Å². The summed E-state index contributed by atoms with van der Waals surface area (Å²) in [4.78, 5) is 22.4. The van der Waals surface area contributed by atoms with Gasteiger partial charge in [0, 0.05) is 17.8 Å². The molecule has 1 aliphatic rings. The Morgan fingerprint density at radius 1 is 1.33 bits per heavy atom. The molecule has 0 aliphatic carbocycles. The molecule has 0 atom stereocenters. The van der Waals surface area contributed by atoms with Gasteiger partial charge in [-0.05, 0) is 25.0 Å². The van der Waals surface area contributed by atoms with Crippen LogP contribution in [-0.2, 0) is 9.84 Å². The molecular formula is C12H15N3O5S. The van der Waals surface area contributed by atoms with E-state index in [9.17, 15) is 23.3 Å². The zero-order valence-corrected chi connectivity index (χ0v) is 11.9. The number of nitro benzene ring substituents is 1. The SMILES string of the molecule is Nc1ccc([N+](=O)[O-])c(C(=O)NC2CCS(=O)(=O)CC2)c1. The van der Waals surface area contributed by atoms with Crippen LogP contribution in [0.25, 0.3) is 0 Å². The molecule has 8 nitrogen and oxygen atoms in total. The molecule has 1 saturated heterocycles. The maximum Gasteiger partial charge on any atom is 0.282 e. The average Bonchev–Trinajstić information content (AvgIpc) is 2.40. The number of nitro groups is 1. The first-order valence-electron chi connectivity index (χ1n) is 6.34. The lowest BCUT2D eigenvalue weighted by atomic mass is 10.1. The molecule has 1 aromatic rings. The summed E-state index contributed by atoms with van der Waals surface area (Å²) < 4.78 is 22.6. The predicted octanol–water partition coefficient (Wildman–Crippen LogP) is 0.484. The Balaban J connectivity index is 2.14. The smallest absolute Gasteiger partial charge is 0.282 e. The van der Waals surface area contributed by atoms with Gasteiger partial charge in [0.1, 0.15) is 15.4 Å². The number of nitrogens with two attached hydrogens (primary N) is 1.